The van der Waals surface area contributed by atoms with E-state index in [-0.39, 0.29) is 12.2 Å². The number of carbonyl (C=O) groups excluding carboxylic acids is 1. The van der Waals surface area contributed by atoms with E-state index in [1.807, 2.05) is 42.5 Å². The molecule has 0 amide bonds. The lowest BCUT2D eigenvalue weighted by atomic mass is 9.91. The van der Waals surface area contributed by atoms with Crippen molar-refractivity contribution in [3.05, 3.63) is 62.5 Å². The molecule has 2 aromatic rings. The van der Waals surface area contributed by atoms with Crippen molar-refractivity contribution in [1.29, 1.82) is 0 Å². The Morgan fingerprint density at radius 2 is 1.76 bits per heavy atom. The quantitative estimate of drug-likeness (QED) is 0.638. The third-order valence-electron chi connectivity index (χ3n) is 3.78. The minimum Gasteiger partial charge on any atom is -0.481 e. The van der Waals surface area contributed by atoms with Gasteiger partial charge >= 0.3 is 5.97 Å². The number of benzene rings is 2. The summed E-state index contributed by atoms with van der Waals surface area (Å²) in [6, 6.07) is 13.4. The molecule has 25 heavy (non-hydrogen) atoms. The monoisotopic (exact) mass is 467 g/mol. The number of nitrogens with one attached hydrogen (secondary N) is 1. The Morgan fingerprint density at radius 1 is 1.04 bits per heavy atom. The Morgan fingerprint density at radius 3 is 2.44 bits per heavy atom. The molecule has 0 atom stereocenters. The zero-order valence-corrected chi connectivity index (χ0v) is 16.8. The summed E-state index contributed by atoms with van der Waals surface area (Å²) in [7, 11) is 0. The molecule has 0 aromatic heterocycles. The van der Waals surface area contributed by atoms with Crippen molar-refractivity contribution < 1.29 is 14.7 Å². The van der Waals surface area contributed by atoms with E-state index in [2.05, 4.69) is 37.2 Å². The van der Waals surface area contributed by atoms with Crippen molar-refractivity contribution in [3.8, 4) is 0 Å². The third kappa shape index (κ3) is 5.97. The second kappa shape index (κ2) is 9.73. The van der Waals surface area contributed by atoms with Crippen molar-refractivity contribution >= 4 is 49.3 Å². The van der Waals surface area contributed by atoms with E-state index in [1.54, 1.807) is 0 Å². The van der Waals surface area contributed by atoms with Gasteiger partial charge in [0.1, 0.15) is 0 Å². The van der Waals surface area contributed by atoms with Gasteiger partial charge in [-0.15, -0.1) is 0 Å². The van der Waals surface area contributed by atoms with E-state index in [0.29, 0.717) is 13.0 Å². The van der Waals surface area contributed by atoms with E-state index in [0.717, 1.165) is 33.0 Å². The number of carbonyl (C=O) groups is 2. The van der Waals surface area contributed by atoms with Gasteiger partial charge in [0.25, 0.3) is 0 Å². The first-order chi connectivity index (χ1) is 12.0. The van der Waals surface area contributed by atoms with Gasteiger partial charge in [-0.25, -0.2) is 0 Å². The lowest BCUT2D eigenvalue weighted by Gasteiger charge is -2.15. The van der Waals surface area contributed by atoms with Crippen LogP contribution in [0.1, 0.15) is 35.2 Å². The molecule has 0 heterocycles. The fourth-order valence-electron chi connectivity index (χ4n) is 2.54. The molecule has 2 aromatic carbocycles. The van der Waals surface area contributed by atoms with Gasteiger partial charge in [0.15, 0.2) is 5.78 Å². The van der Waals surface area contributed by atoms with Gasteiger partial charge in [-0.1, -0.05) is 40.2 Å². The number of aliphatic carboxylic acids is 1. The molecular weight excluding hydrogens is 450 g/mol. The largest absolute Gasteiger partial charge is 0.481 e. The summed E-state index contributed by atoms with van der Waals surface area (Å²) in [5.41, 5.74) is 3.02. The lowest BCUT2D eigenvalue weighted by molar-refractivity contribution is -0.136. The molecule has 0 bridgehead atoms. The van der Waals surface area contributed by atoms with Crippen molar-refractivity contribution in [2.24, 2.45) is 0 Å². The van der Waals surface area contributed by atoms with E-state index < -0.39 is 5.97 Å². The van der Waals surface area contributed by atoms with E-state index in [1.165, 1.54) is 5.56 Å². The SMILES string of the molecule is O=C(O)CCNc1ccccc1Br.O=C1CCCc2c(Br)cccc21. The van der Waals surface area contributed by atoms with Crippen LogP contribution in [0.3, 0.4) is 0 Å². The molecule has 4 nitrogen and oxygen atoms in total. The molecule has 3 rings (SSSR count). The number of Topliss-reactive ketones (excluding diaryl/α,β-unsaturated/α-hetero) is 1. The molecule has 132 valence electrons. The van der Waals surface area contributed by atoms with Crippen LogP contribution >= 0.6 is 31.9 Å². The molecule has 0 saturated heterocycles. The summed E-state index contributed by atoms with van der Waals surface area (Å²) >= 11 is 6.81. The smallest absolute Gasteiger partial charge is 0.305 e. The highest BCUT2D eigenvalue weighted by molar-refractivity contribution is 9.10. The molecule has 2 N–H and O–H groups in total. The lowest BCUT2D eigenvalue weighted by Crippen LogP contribution is -2.10. The van der Waals surface area contributed by atoms with Crippen LogP contribution in [0, 0.1) is 0 Å². The fraction of sp³-hybridized carbons (Fsp3) is 0.263. The topological polar surface area (TPSA) is 66.4 Å². The van der Waals surface area contributed by atoms with Gasteiger partial charge in [0.2, 0.25) is 0 Å². The number of hydrogen-bond donors (Lipinski definition) is 2. The number of para-hydroxylation sites is 1. The average molecular weight is 469 g/mol. The Hall–Kier alpha value is -1.66. The molecule has 0 aliphatic heterocycles. The van der Waals surface area contributed by atoms with Crippen molar-refractivity contribution in [2.45, 2.75) is 25.7 Å². The van der Waals surface area contributed by atoms with E-state index >= 15 is 0 Å². The van der Waals surface area contributed by atoms with Crippen LogP contribution < -0.4 is 5.32 Å². The molecule has 0 saturated carbocycles. The number of anilines is 1. The maximum atomic E-state index is 11.4. The van der Waals surface area contributed by atoms with Crippen LogP contribution in [0.25, 0.3) is 0 Å². The molecule has 6 heteroatoms. The standard InChI is InChI=1S/C10H9BrO.C9H10BrNO2/c11-9-5-1-4-8-7(9)3-2-6-10(8)12;10-7-3-1-2-4-8(7)11-6-5-9(12)13/h1,4-5H,2-3,6H2;1-4,11H,5-6H2,(H,12,13). The Bertz CT molecular complexity index is 762. The molecule has 1 aliphatic carbocycles. The predicted octanol–water partition coefficient (Wildman–Crippen LogP) is 5.30. The van der Waals surface area contributed by atoms with Crippen LogP contribution in [-0.2, 0) is 11.2 Å². The molecule has 0 unspecified atom stereocenters. The summed E-state index contributed by atoms with van der Waals surface area (Å²) in [5.74, 6) is -0.503. The number of halogens is 2. The van der Waals surface area contributed by atoms with Gasteiger partial charge in [0.05, 0.1) is 6.42 Å². The Balaban J connectivity index is 0.000000181. The highest BCUT2D eigenvalue weighted by Gasteiger charge is 2.17. The van der Waals surface area contributed by atoms with Gasteiger partial charge < -0.3 is 10.4 Å². The number of ketones is 1. The number of rotatable bonds is 4. The maximum absolute atomic E-state index is 11.4. The second-order valence-corrected chi connectivity index (χ2v) is 7.30. The minimum absolute atomic E-state index is 0.126. The summed E-state index contributed by atoms with van der Waals surface area (Å²) in [4.78, 5) is 21.6. The maximum Gasteiger partial charge on any atom is 0.305 e. The van der Waals surface area contributed by atoms with Gasteiger partial charge in [0, 0.05) is 33.2 Å². The Kier molecular flexibility index (Phi) is 7.65. The predicted molar refractivity (Wildman–Crippen MR) is 106 cm³/mol. The van der Waals surface area contributed by atoms with Crippen LogP contribution in [0.4, 0.5) is 5.69 Å². The van der Waals surface area contributed by atoms with E-state index in [4.69, 9.17) is 5.11 Å². The van der Waals surface area contributed by atoms with Crippen LogP contribution in [0.15, 0.2) is 51.4 Å². The van der Waals surface area contributed by atoms with Gasteiger partial charge in [-0.2, -0.15) is 0 Å². The zero-order chi connectivity index (χ0) is 18.2. The van der Waals surface area contributed by atoms with Crippen LogP contribution in [0.2, 0.25) is 0 Å². The number of carboxylic acids is 1. The molecule has 0 radical (unpaired) electrons. The highest BCUT2D eigenvalue weighted by atomic mass is 79.9. The van der Waals surface area contributed by atoms with Crippen LogP contribution in [-0.4, -0.2) is 23.4 Å². The van der Waals surface area contributed by atoms with Crippen molar-refractivity contribution in [1.82, 2.24) is 0 Å². The summed E-state index contributed by atoms with van der Waals surface area (Å²) in [5, 5.41) is 11.4. The fourth-order valence-corrected chi connectivity index (χ4v) is 3.53. The normalized spacial score (nSPS) is 12.6. The molecule has 1 aliphatic rings. The average Bonchev–Trinajstić information content (AvgIpc) is 2.58. The molecule has 0 spiro atoms. The number of fused-ring (bicyclic) bond motifs is 1. The zero-order valence-electron chi connectivity index (χ0n) is 13.6. The first-order valence-corrected chi connectivity index (χ1v) is 9.58. The van der Waals surface area contributed by atoms with Crippen molar-refractivity contribution in [3.63, 3.8) is 0 Å². The molecular formula is C19H19Br2NO3. The first-order valence-electron chi connectivity index (χ1n) is 8.00. The van der Waals surface area contributed by atoms with Gasteiger partial charge in [-0.05, 0) is 52.5 Å². The second-order valence-electron chi connectivity index (χ2n) is 5.59. The summed E-state index contributed by atoms with van der Waals surface area (Å²) in [6.45, 7) is 0.442. The third-order valence-corrected chi connectivity index (χ3v) is 5.21. The van der Waals surface area contributed by atoms with Crippen molar-refractivity contribution in [2.75, 3.05) is 11.9 Å². The first kappa shape index (κ1) is 19.7. The summed E-state index contributed by atoms with van der Waals surface area (Å²) < 4.78 is 2.02. The van der Waals surface area contributed by atoms with Crippen LogP contribution in [0.5, 0.6) is 0 Å². The van der Waals surface area contributed by atoms with Gasteiger partial charge in [-0.3, -0.25) is 9.59 Å². The minimum atomic E-state index is -0.792. The molecule has 0 fully saturated rings. The highest BCUT2D eigenvalue weighted by Crippen LogP contribution is 2.27. The number of carboxylic acid groups (broad SMARTS) is 1. The summed E-state index contributed by atoms with van der Waals surface area (Å²) in [6.07, 6.45) is 2.86. The number of hydrogen-bond acceptors (Lipinski definition) is 3. The van der Waals surface area contributed by atoms with E-state index in [9.17, 15) is 9.59 Å². The Labute approximate surface area is 163 Å².